The molecule has 3 aromatic rings. The number of anilines is 2. The molecular weight excluding hydrogens is 440 g/mol. The van der Waals surface area contributed by atoms with Crippen molar-refractivity contribution < 1.29 is 9.47 Å². The van der Waals surface area contributed by atoms with Crippen molar-refractivity contribution in [2.45, 2.75) is 26.0 Å². The molecule has 4 rings (SSSR count). The number of allylic oxidation sites excluding steroid dienone is 1. The van der Waals surface area contributed by atoms with E-state index in [1.807, 2.05) is 54.9 Å². The minimum Gasteiger partial charge on any atom is -0.474 e. The van der Waals surface area contributed by atoms with E-state index in [9.17, 15) is 0 Å². The average Bonchev–Trinajstić information content (AvgIpc) is 3.32. The van der Waals surface area contributed by atoms with Crippen LogP contribution in [0.4, 0.5) is 10.9 Å². The summed E-state index contributed by atoms with van der Waals surface area (Å²) in [6.07, 6.45) is 5.34. The van der Waals surface area contributed by atoms with Crippen LogP contribution in [0, 0.1) is 0 Å². The minimum atomic E-state index is 0.0251. The monoisotopic (exact) mass is 458 g/mol. The second-order valence-corrected chi connectivity index (χ2v) is 8.02. The highest BCUT2D eigenvalue weighted by Gasteiger charge is 2.15. The Morgan fingerprint density at radius 3 is 2.96 bits per heavy atom. The smallest absolute Gasteiger partial charge is 0.188 e. The van der Waals surface area contributed by atoms with Gasteiger partial charge in [0.1, 0.15) is 11.5 Å². The van der Waals surface area contributed by atoms with Crippen molar-refractivity contribution in [1.82, 2.24) is 15.3 Å². The lowest BCUT2D eigenvalue weighted by atomic mass is 10.2. The lowest BCUT2D eigenvalue weighted by Gasteiger charge is -2.11. The lowest BCUT2D eigenvalue weighted by molar-refractivity contribution is 0.121. The van der Waals surface area contributed by atoms with Crippen LogP contribution in [0.25, 0.3) is 0 Å². The number of rotatable bonds is 7. The van der Waals surface area contributed by atoms with Gasteiger partial charge in [-0.3, -0.25) is 0 Å². The Bertz CT molecular complexity index is 977. The molecule has 0 saturated heterocycles. The summed E-state index contributed by atoms with van der Waals surface area (Å²) in [5, 5.41) is 9.30. The molecule has 0 spiro atoms. The molecule has 0 radical (unpaired) electrons. The first-order valence-corrected chi connectivity index (χ1v) is 10.5. The molecule has 28 heavy (non-hydrogen) atoms. The Balaban J connectivity index is 1.42. The molecule has 3 heterocycles. The van der Waals surface area contributed by atoms with Crippen molar-refractivity contribution in [3.05, 3.63) is 70.1 Å². The number of hydrogen-bond donors (Lipinski definition) is 2. The second-order valence-electron chi connectivity index (χ2n) is 6.25. The topological polar surface area (TPSA) is 68.3 Å². The summed E-state index contributed by atoms with van der Waals surface area (Å²) in [6.45, 7) is 1.94. The van der Waals surface area contributed by atoms with Crippen LogP contribution >= 0.6 is 27.3 Å². The van der Waals surface area contributed by atoms with Crippen LogP contribution in [-0.2, 0) is 11.2 Å². The van der Waals surface area contributed by atoms with Crippen LogP contribution in [-0.4, -0.2) is 16.2 Å². The van der Waals surface area contributed by atoms with Crippen LogP contribution in [0.2, 0.25) is 0 Å². The number of thiazole rings is 1. The van der Waals surface area contributed by atoms with Crippen molar-refractivity contribution in [1.29, 1.82) is 0 Å². The van der Waals surface area contributed by atoms with Crippen molar-refractivity contribution in [2.75, 3.05) is 5.32 Å². The van der Waals surface area contributed by atoms with E-state index >= 15 is 0 Å². The third-order valence-corrected chi connectivity index (χ3v) is 5.27. The molecule has 8 heteroatoms. The summed E-state index contributed by atoms with van der Waals surface area (Å²) in [6, 6.07) is 11.5. The van der Waals surface area contributed by atoms with E-state index in [0.29, 0.717) is 11.6 Å². The van der Waals surface area contributed by atoms with Gasteiger partial charge in [0, 0.05) is 34.7 Å². The number of nitrogens with zero attached hydrogens (tertiary/aromatic N) is 2. The maximum atomic E-state index is 5.99. The number of nitrogens with one attached hydrogen (secondary N) is 2. The van der Waals surface area contributed by atoms with Crippen LogP contribution < -0.4 is 15.4 Å². The fourth-order valence-corrected chi connectivity index (χ4v) is 3.77. The van der Waals surface area contributed by atoms with Crippen molar-refractivity contribution in [3.63, 3.8) is 0 Å². The van der Waals surface area contributed by atoms with Crippen LogP contribution in [0.5, 0.6) is 11.5 Å². The zero-order chi connectivity index (χ0) is 19.3. The van der Waals surface area contributed by atoms with E-state index in [0.717, 1.165) is 39.6 Å². The molecule has 2 N–H and O–H groups in total. The molecule has 1 unspecified atom stereocenters. The molecule has 0 bridgehead atoms. The van der Waals surface area contributed by atoms with Gasteiger partial charge in [-0.1, -0.05) is 18.2 Å². The molecule has 0 amide bonds. The summed E-state index contributed by atoms with van der Waals surface area (Å²) in [7, 11) is 0. The Morgan fingerprint density at radius 2 is 2.18 bits per heavy atom. The van der Waals surface area contributed by atoms with Gasteiger partial charge in [0.25, 0.3) is 0 Å². The van der Waals surface area contributed by atoms with Gasteiger partial charge < -0.3 is 20.1 Å². The van der Waals surface area contributed by atoms with E-state index in [4.69, 9.17) is 9.47 Å². The Morgan fingerprint density at radius 1 is 1.32 bits per heavy atom. The highest BCUT2D eigenvalue weighted by Crippen LogP contribution is 2.33. The Hall–Kier alpha value is -2.58. The highest BCUT2D eigenvalue weighted by atomic mass is 79.9. The van der Waals surface area contributed by atoms with Gasteiger partial charge in [-0.25, -0.2) is 9.97 Å². The van der Waals surface area contributed by atoms with E-state index in [1.165, 1.54) is 0 Å². The second kappa shape index (κ2) is 8.62. The van der Waals surface area contributed by atoms with Gasteiger partial charge in [-0.05, 0) is 41.4 Å². The summed E-state index contributed by atoms with van der Waals surface area (Å²) < 4.78 is 12.5. The summed E-state index contributed by atoms with van der Waals surface area (Å²) in [4.78, 5) is 9.10. The summed E-state index contributed by atoms with van der Waals surface area (Å²) in [5.74, 6) is 2.91. The normalized spacial score (nSPS) is 15.5. The van der Waals surface area contributed by atoms with Crippen molar-refractivity contribution in [2.24, 2.45) is 0 Å². The number of aromatic nitrogens is 2. The van der Waals surface area contributed by atoms with Gasteiger partial charge in [0.05, 0.1) is 5.69 Å². The zero-order valence-electron chi connectivity index (χ0n) is 15.2. The standard InChI is InChI=1S/C20H19BrN4O2S/c1-13-10-22-18(26-13)8-7-15-12-28-20(24-15)25-19-17(9-14(21)11-23-19)27-16-5-3-2-4-6-16/h2-6,9-12,18,22H,7-8H2,1H3,(H,23,24,25). The maximum absolute atomic E-state index is 5.99. The Labute approximate surface area is 175 Å². The molecule has 1 aliphatic heterocycles. The first kappa shape index (κ1) is 18.8. The number of aryl methyl sites for hydroxylation is 1. The van der Waals surface area contributed by atoms with Gasteiger partial charge in [-0.15, -0.1) is 11.3 Å². The number of hydrogen-bond acceptors (Lipinski definition) is 7. The number of ether oxygens (including phenoxy) is 2. The molecule has 1 aliphatic rings. The highest BCUT2D eigenvalue weighted by molar-refractivity contribution is 9.10. The van der Waals surface area contributed by atoms with Crippen molar-refractivity contribution in [3.8, 4) is 11.5 Å². The molecular formula is C20H19BrN4O2S. The molecule has 1 atom stereocenters. The van der Waals surface area contributed by atoms with Gasteiger partial charge in [0.2, 0.25) is 0 Å². The molecule has 6 nitrogen and oxygen atoms in total. The minimum absolute atomic E-state index is 0.0251. The number of benzene rings is 1. The maximum Gasteiger partial charge on any atom is 0.188 e. The van der Waals surface area contributed by atoms with Crippen molar-refractivity contribution >= 4 is 38.2 Å². The van der Waals surface area contributed by atoms with Gasteiger partial charge in [0.15, 0.2) is 22.9 Å². The first-order valence-electron chi connectivity index (χ1n) is 8.85. The van der Waals surface area contributed by atoms with E-state index < -0.39 is 0 Å². The average molecular weight is 459 g/mol. The fraction of sp³-hybridized carbons (Fsp3) is 0.200. The molecule has 0 aliphatic carbocycles. The van der Waals surface area contributed by atoms with E-state index in [-0.39, 0.29) is 6.23 Å². The predicted molar refractivity (Wildman–Crippen MR) is 114 cm³/mol. The van der Waals surface area contributed by atoms with E-state index in [2.05, 4.69) is 36.5 Å². The lowest BCUT2D eigenvalue weighted by Crippen LogP contribution is -2.21. The largest absolute Gasteiger partial charge is 0.474 e. The zero-order valence-corrected chi connectivity index (χ0v) is 17.6. The van der Waals surface area contributed by atoms with Gasteiger partial charge >= 0.3 is 0 Å². The van der Waals surface area contributed by atoms with Crippen LogP contribution in [0.3, 0.4) is 0 Å². The Kier molecular flexibility index (Phi) is 5.78. The predicted octanol–water partition coefficient (Wildman–Crippen LogP) is 5.58. The summed E-state index contributed by atoms with van der Waals surface area (Å²) in [5.41, 5.74) is 1.02. The summed E-state index contributed by atoms with van der Waals surface area (Å²) >= 11 is 4.99. The molecule has 2 aromatic heterocycles. The molecule has 144 valence electrons. The third kappa shape index (κ3) is 4.82. The third-order valence-electron chi connectivity index (χ3n) is 4.03. The van der Waals surface area contributed by atoms with Crippen LogP contribution in [0.1, 0.15) is 19.0 Å². The van der Waals surface area contributed by atoms with Crippen LogP contribution in [0.15, 0.2) is 64.4 Å². The quantitative estimate of drug-likeness (QED) is 0.481. The molecule has 0 saturated carbocycles. The SMILES string of the molecule is CC1=CNC(CCc2csc(Nc3ncc(Br)cc3Oc3ccccc3)n2)O1. The first-order chi connectivity index (χ1) is 13.7. The number of halogens is 1. The van der Waals surface area contributed by atoms with Gasteiger partial charge in [-0.2, -0.15) is 0 Å². The van der Waals surface area contributed by atoms with E-state index in [1.54, 1.807) is 17.5 Å². The number of para-hydroxylation sites is 1. The fourth-order valence-electron chi connectivity index (χ4n) is 2.71. The number of pyridine rings is 1. The molecule has 1 aromatic carbocycles. The molecule has 0 fully saturated rings.